The minimum Gasteiger partial charge on any atom is -0.784 e. The van der Waals surface area contributed by atoms with Gasteiger partial charge in [0.1, 0.15) is 0 Å². The third kappa shape index (κ3) is 2.31. The molecule has 1 aliphatic rings. The zero-order chi connectivity index (χ0) is 14.4. The fourth-order valence-electron chi connectivity index (χ4n) is 3.16. The Balaban J connectivity index is 3.25. The van der Waals surface area contributed by atoms with Gasteiger partial charge in [-0.05, 0) is 47.5 Å². The summed E-state index contributed by atoms with van der Waals surface area (Å²) in [6.45, 7) is 14.5. The Morgan fingerprint density at radius 2 is 1.56 bits per heavy atom. The van der Waals surface area contributed by atoms with Gasteiger partial charge in [0.25, 0.3) is 0 Å². The SMILES string of the molecule is CCC1(CC)C[N+]([O-])(C(C)(C)C)CC(C)(C)N1[O-]. The third-order valence-corrected chi connectivity index (χ3v) is 4.71. The fourth-order valence-corrected chi connectivity index (χ4v) is 3.16. The molecule has 1 aliphatic heterocycles. The van der Waals surface area contributed by atoms with Crippen LogP contribution in [0, 0.1) is 10.4 Å². The first kappa shape index (κ1) is 15.9. The summed E-state index contributed by atoms with van der Waals surface area (Å²) in [4.78, 5) is 0. The third-order valence-electron chi connectivity index (χ3n) is 4.71. The number of hydrogen-bond donors (Lipinski definition) is 0. The molecule has 0 N–H and O–H groups in total. The summed E-state index contributed by atoms with van der Waals surface area (Å²) in [5.74, 6) is 0. The Morgan fingerprint density at radius 1 is 1.11 bits per heavy atom. The largest absolute Gasteiger partial charge is 0.784 e. The first-order chi connectivity index (χ1) is 7.94. The average Bonchev–Trinajstić information content (AvgIpc) is 2.21. The molecule has 108 valence electrons. The molecule has 4 heteroatoms. The van der Waals surface area contributed by atoms with Crippen LogP contribution in [0.1, 0.15) is 61.3 Å². The summed E-state index contributed by atoms with van der Waals surface area (Å²) < 4.78 is -0.277. The minimum atomic E-state index is -0.598. The Kier molecular flexibility index (Phi) is 3.92. The van der Waals surface area contributed by atoms with Gasteiger partial charge in [-0.3, -0.25) is 0 Å². The Morgan fingerprint density at radius 3 is 1.89 bits per heavy atom. The van der Waals surface area contributed by atoms with E-state index in [0.29, 0.717) is 13.1 Å². The molecule has 18 heavy (non-hydrogen) atoms. The molecule has 1 atom stereocenters. The molecule has 0 aliphatic carbocycles. The first-order valence-electron chi connectivity index (χ1n) is 7.00. The molecule has 1 heterocycles. The topological polar surface area (TPSA) is 49.4 Å². The van der Waals surface area contributed by atoms with Crippen LogP contribution < -0.4 is 0 Å². The minimum absolute atomic E-state index is 0.277. The van der Waals surface area contributed by atoms with Crippen LogP contribution in [-0.4, -0.2) is 39.4 Å². The van der Waals surface area contributed by atoms with Crippen molar-refractivity contribution in [2.24, 2.45) is 0 Å². The van der Waals surface area contributed by atoms with Crippen molar-refractivity contribution in [1.29, 1.82) is 0 Å². The molecule has 0 bridgehead atoms. The van der Waals surface area contributed by atoms with Crippen LogP contribution in [0.2, 0.25) is 0 Å². The van der Waals surface area contributed by atoms with Gasteiger partial charge < -0.3 is 20.1 Å². The summed E-state index contributed by atoms with van der Waals surface area (Å²) in [6, 6.07) is 0. The highest BCUT2D eigenvalue weighted by Crippen LogP contribution is 2.42. The predicted octanol–water partition coefficient (Wildman–Crippen LogP) is 3.25. The highest BCUT2D eigenvalue weighted by Gasteiger charge is 2.51. The Bertz CT molecular complexity index is 305. The van der Waals surface area contributed by atoms with Crippen molar-refractivity contribution in [3.8, 4) is 0 Å². The summed E-state index contributed by atoms with van der Waals surface area (Å²) >= 11 is 0. The van der Waals surface area contributed by atoms with Crippen LogP contribution in [0.4, 0.5) is 0 Å². The van der Waals surface area contributed by atoms with Crippen LogP contribution in [0.3, 0.4) is 0 Å². The second kappa shape index (κ2) is 4.44. The normalized spacial score (nSPS) is 32.5. The lowest BCUT2D eigenvalue weighted by Crippen LogP contribution is -2.76. The molecule has 1 rings (SSSR count). The highest BCUT2D eigenvalue weighted by molar-refractivity contribution is 5.02. The van der Waals surface area contributed by atoms with Crippen molar-refractivity contribution in [3.63, 3.8) is 0 Å². The van der Waals surface area contributed by atoms with Crippen LogP contribution in [0.15, 0.2) is 0 Å². The van der Waals surface area contributed by atoms with Crippen LogP contribution in [0.25, 0.3) is 0 Å². The fraction of sp³-hybridized carbons (Fsp3) is 1.00. The van der Waals surface area contributed by atoms with Gasteiger partial charge >= 0.3 is 0 Å². The zero-order valence-electron chi connectivity index (χ0n) is 13.0. The van der Waals surface area contributed by atoms with E-state index in [2.05, 4.69) is 0 Å². The summed E-state index contributed by atoms with van der Waals surface area (Å²) in [7, 11) is 0. The molecule has 1 fully saturated rings. The standard InChI is InChI=1S/C14H29N2O2/c1-8-14(9-2)11-16(18,12(3,4)5)10-13(6,7)15(14)17/h8-11H2,1-7H3/q-1. The van der Waals surface area contributed by atoms with Crippen molar-refractivity contribution in [1.82, 2.24) is 5.06 Å². The second-order valence-corrected chi connectivity index (χ2v) is 7.41. The van der Waals surface area contributed by atoms with E-state index in [0.717, 1.165) is 12.8 Å². The number of hydrogen-bond acceptors (Lipinski definition) is 3. The lowest BCUT2D eigenvalue weighted by atomic mass is 9.81. The molecule has 4 nitrogen and oxygen atoms in total. The molecule has 0 aromatic heterocycles. The summed E-state index contributed by atoms with van der Waals surface area (Å²) in [6.07, 6.45) is 1.46. The van der Waals surface area contributed by atoms with Crippen LogP contribution in [0.5, 0.6) is 0 Å². The van der Waals surface area contributed by atoms with Gasteiger partial charge in [0.05, 0.1) is 29.7 Å². The number of hydroxylamine groups is 5. The predicted molar refractivity (Wildman–Crippen MR) is 75.7 cm³/mol. The van der Waals surface area contributed by atoms with E-state index in [1.54, 1.807) is 0 Å². The van der Waals surface area contributed by atoms with Gasteiger partial charge in [0.2, 0.25) is 0 Å². The summed E-state index contributed by atoms with van der Waals surface area (Å²) in [5.41, 5.74) is -1.50. The maximum absolute atomic E-state index is 13.2. The van der Waals surface area contributed by atoms with E-state index in [9.17, 15) is 10.4 Å². The Hall–Kier alpha value is -0.160. The molecular formula is C14H29N2O2-. The quantitative estimate of drug-likeness (QED) is 0.563. The Labute approximate surface area is 112 Å². The van der Waals surface area contributed by atoms with Crippen molar-refractivity contribution in [2.45, 2.75) is 77.9 Å². The molecular weight excluding hydrogens is 228 g/mol. The molecule has 0 aromatic carbocycles. The number of rotatable bonds is 2. The van der Waals surface area contributed by atoms with E-state index < -0.39 is 11.1 Å². The lowest BCUT2D eigenvalue weighted by molar-refractivity contribution is -0.941. The maximum atomic E-state index is 13.2. The van der Waals surface area contributed by atoms with Crippen molar-refractivity contribution < 1.29 is 4.65 Å². The molecule has 0 aromatic rings. The zero-order valence-corrected chi connectivity index (χ0v) is 13.0. The monoisotopic (exact) mass is 257 g/mol. The maximum Gasteiger partial charge on any atom is 0.0966 e. The smallest absolute Gasteiger partial charge is 0.0966 e. The molecule has 1 unspecified atom stereocenters. The second-order valence-electron chi connectivity index (χ2n) is 7.41. The van der Waals surface area contributed by atoms with Crippen molar-refractivity contribution in [3.05, 3.63) is 10.4 Å². The molecule has 0 amide bonds. The van der Waals surface area contributed by atoms with Crippen molar-refractivity contribution >= 4 is 0 Å². The molecule has 0 saturated carbocycles. The van der Waals surface area contributed by atoms with E-state index in [1.807, 2.05) is 48.5 Å². The number of piperazine rings is 1. The lowest BCUT2D eigenvalue weighted by Gasteiger charge is -2.70. The van der Waals surface area contributed by atoms with Crippen molar-refractivity contribution in [2.75, 3.05) is 13.1 Å². The summed E-state index contributed by atoms with van der Waals surface area (Å²) in [5, 5.41) is 27.0. The van der Waals surface area contributed by atoms with Gasteiger partial charge in [0, 0.05) is 0 Å². The van der Waals surface area contributed by atoms with Gasteiger partial charge in [-0.1, -0.05) is 13.8 Å². The molecule has 1 saturated heterocycles. The average molecular weight is 257 g/mol. The highest BCUT2D eigenvalue weighted by atomic mass is 16.6. The molecule has 0 radical (unpaired) electrons. The number of quaternary nitrogens is 1. The van der Waals surface area contributed by atoms with Crippen LogP contribution >= 0.6 is 0 Å². The van der Waals surface area contributed by atoms with E-state index in [1.165, 1.54) is 5.06 Å². The first-order valence-corrected chi connectivity index (χ1v) is 7.00. The van der Waals surface area contributed by atoms with Crippen LogP contribution in [-0.2, 0) is 0 Å². The van der Waals surface area contributed by atoms with Gasteiger partial charge in [-0.15, -0.1) is 0 Å². The van der Waals surface area contributed by atoms with E-state index >= 15 is 0 Å². The number of nitrogens with zero attached hydrogens (tertiary/aromatic N) is 2. The van der Waals surface area contributed by atoms with E-state index in [4.69, 9.17) is 0 Å². The van der Waals surface area contributed by atoms with Gasteiger partial charge in [-0.2, -0.15) is 0 Å². The van der Waals surface area contributed by atoms with E-state index in [-0.39, 0.29) is 10.2 Å². The van der Waals surface area contributed by atoms with Gasteiger partial charge in [0.15, 0.2) is 0 Å². The van der Waals surface area contributed by atoms with Gasteiger partial charge in [-0.25, -0.2) is 0 Å². The molecule has 0 spiro atoms.